The van der Waals surface area contributed by atoms with Gasteiger partial charge >= 0.3 is 5.97 Å². The Kier molecular flexibility index (Phi) is 5.20. The van der Waals surface area contributed by atoms with Crippen LogP contribution < -0.4 is 5.32 Å². The molecule has 7 nitrogen and oxygen atoms in total. The first-order valence-corrected chi connectivity index (χ1v) is 7.64. The lowest BCUT2D eigenvalue weighted by Crippen LogP contribution is -2.44. The second-order valence-corrected chi connectivity index (χ2v) is 6.53. The zero-order valence-corrected chi connectivity index (χ0v) is 12.0. The second-order valence-electron chi connectivity index (χ2n) is 4.42. The third-order valence-corrected chi connectivity index (χ3v) is 3.99. The van der Waals surface area contributed by atoms with Gasteiger partial charge in [-0.2, -0.15) is 0 Å². The summed E-state index contributed by atoms with van der Waals surface area (Å²) in [6, 6.07) is 3.50. The van der Waals surface area contributed by atoms with Crippen LogP contribution in [0.25, 0.3) is 0 Å². The normalized spacial score (nSPS) is 12.7. The number of carbonyl (C=O) groups is 2. The highest BCUT2D eigenvalue weighted by atomic mass is 32.2. The van der Waals surface area contributed by atoms with Crippen LogP contribution in [0, 0.1) is 6.92 Å². The summed E-state index contributed by atoms with van der Waals surface area (Å²) in [5.74, 6) is -3.02. The predicted molar refractivity (Wildman–Crippen MR) is 71.7 cm³/mol. The molecule has 1 aromatic heterocycles. The number of hydrogen-bond donors (Lipinski definition) is 2. The zero-order chi connectivity index (χ0) is 15.3. The van der Waals surface area contributed by atoms with Crippen molar-refractivity contribution in [3.63, 3.8) is 0 Å². The van der Waals surface area contributed by atoms with E-state index in [0.29, 0.717) is 11.4 Å². The summed E-state index contributed by atoms with van der Waals surface area (Å²) in [6.07, 6.45) is 0. The van der Waals surface area contributed by atoms with Crippen LogP contribution in [-0.2, 0) is 25.2 Å². The molecule has 1 amide bonds. The van der Waals surface area contributed by atoms with Gasteiger partial charge in [-0.25, -0.2) is 13.2 Å². The van der Waals surface area contributed by atoms with Crippen molar-refractivity contribution in [2.24, 2.45) is 0 Å². The fourth-order valence-electron chi connectivity index (χ4n) is 1.64. The van der Waals surface area contributed by atoms with Crippen LogP contribution in [0.15, 0.2) is 18.2 Å². The maximum Gasteiger partial charge on any atom is 0.327 e. The fraction of sp³-hybridized carbons (Fsp3) is 0.417. The Balaban J connectivity index is 2.82. The van der Waals surface area contributed by atoms with Gasteiger partial charge in [0.25, 0.3) is 0 Å². The van der Waals surface area contributed by atoms with E-state index < -0.39 is 33.5 Å². The number of carboxylic acids is 1. The van der Waals surface area contributed by atoms with Crippen molar-refractivity contribution in [2.75, 3.05) is 5.75 Å². The number of aryl methyl sites for hydroxylation is 1. The van der Waals surface area contributed by atoms with E-state index >= 15 is 0 Å². The first kappa shape index (κ1) is 16.1. The Hall–Kier alpha value is -1.96. The van der Waals surface area contributed by atoms with E-state index in [9.17, 15) is 18.0 Å². The number of nitrogens with one attached hydrogen (secondary N) is 1. The molecule has 0 aliphatic heterocycles. The molecule has 20 heavy (non-hydrogen) atoms. The average molecular weight is 300 g/mol. The molecule has 1 atom stereocenters. The topological polar surface area (TPSA) is 113 Å². The summed E-state index contributed by atoms with van der Waals surface area (Å²) >= 11 is 0. The lowest BCUT2D eigenvalue weighted by Gasteiger charge is -2.13. The van der Waals surface area contributed by atoms with E-state index in [-0.39, 0.29) is 5.75 Å². The van der Waals surface area contributed by atoms with Gasteiger partial charge in [0.1, 0.15) is 6.04 Å². The van der Waals surface area contributed by atoms with Crippen molar-refractivity contribution in [1.82, 2.24) is 10.3 Å². The standard InChI is InChI=1S/C12H16N2O5S/c1-8-4-3-5-10(13-8)6-20(18,19)7-11(12(16)17)14-9(2)15/h3-5,11H,6-7H2,1-2H3,(H,14,15)(H,16,17)/t11-/m0/s1. The minimum absolute atomic E-state index is 0.344. The van der Waals surface area contributed by atoms with Crippen molar-refractivity contribution in [2.45, 2.75) is 25.6 Å². The number of sulfone groups is 1. The number of carbonyl (C=O) groups excluding carboxylic acids is 1. The second kappa shape index (κ2) is 6.47. The summed E-state index contributed by atoms with van der Waals surface area (Å²) in [4.78, 5) is 25.8. The van der Waals surface area contributed by atoms with Crippen molar-refractivity contribution in [1.29, 1.82) is 0 Å². The molecular weight excluding hydrogens is 284 g/mol. The molecule has 0 aliphatic rings. The number of hydrogen-bond acceptors (Lipinski definition) is 5. The van der Waals surface area contributed by atoms with Crippen LogP contribution in [0.3, 0.4) is 0 Å². The molecule has 0 spiro atoms. The molecule has 0 unspecified atom stereocenters. The van der Waals surface area contributed by atoms with Gasteiger partial charge in [-0.05, 0) is 19.1 Å². The molecule has 0 aliphatic carbocycles. The number of carboxylic acid groups (broad SMARTS) is 1. The van der Waals surface area contributed by atoms with E-state index in [1.54, 1.807) is 25.1 Å². The van der Waals surface area contributed by atoms with Crippen molar-refractivity contribution in [3.05, 3.63) is 29.6 Å². The molecular formula is C12H16N2O5S. The van der Waals surface area contributed by atoms with E-state index in [1.807, 2.05) is 0 Å². The molecule has 1 heterocycles. The number of aromatic nitrogens is 1. The largest absolute Gasteiger partial charge is 0.480 e. The van der Waals surface area contributed by atoms with Crippen molar-refractivity contribution >= 4 is 21.7 Å². The van der Waals surface area contributed by atoms with Crippen LogP contribution in [0.1, 0.15) is 18.3 Å². The number of pyridine rings is 1. The van der Waals surface area contributed by atoms with Gasteiger partial charge in [0.2, 0.25) is 5.91 Å². The zero-order valence-electron chi connectivity index (χ0n) is 11.2. The lowest BCUT2D eigenvalue weighted by atomic mass is 10.3. The highest BCUT2D eigenvalue weighted by molar-refractivity contribution is 7.90. The predicted octanol–water partition coefficient (Wildman–Crippen LogP) is -0.106. The molecule has 0 radical (unpaired) electrons. The Morgan fingerprint density at radius 3 is 2.55 bits per heavy atom. The van der Waals surface area contributed by atoms with Gasteiger partial charge in [-0.1, -0.05) is 6.07 Å². The highest BCUT2D eigenvalue weighted by Crippen LogP contribution is 2.07. The summed E-state index contributed by atoms with van der Waals surface area (Å²) in [6.45, 7) is 2.86. The Morgan fingerprint density at radius 1 is 1.40 bits per heavy atom. The average Bonchev–Trinajstić information content (AvgIpc) is 2.26. The Bertz CT molecular complexity index is 612. The van der Waals surface area contributed by atoms with E-state index in [4.69, 9.17) is 5.11 Å². The minimum atomic E-state index is -3.70. The third-order valence-electron chi connectivity index (χ3n) is 2.41. The molecule has 0 bridgehead atoms. The highest BCUT2D eigenvalue weighted by Gasteiger charge is 2.26. The smallest absolute Gasteiger partial charge is 0.327 e. The molecule has 0 fully saturated rings. The first-order chi connectivity index (χ1) is 9.19. The van der Waals surface area contributed by atoms with Crippen LogP contribution in [0.4, 0.5) is 0 Å². The molecule has 2 N–H and O–H groups in total. The SMILES string of the molecule is CC(=O)N[C@@H](CS(=O)(=O)Cc1cccc(C)n1)C(=O)O. The van der Waals surface area contributed by atoms with Gasteiger partial charge in [-0.15, -0.1) is 0 Å². The first-order valence-electron chi connectivity index (χ1n) is 5.82. The molecule has 0 aromatic carbocycles. The maximum absolute atomic E-state index is 12.0. The lowest BCUT2D eigenvalue weighted by molar-refractivity contribution is -0.140. The van der Waals surface area contributed by atoms with Gasteiger partial charge in [0, 0.05) is 12.6 Å². The quantitative estimate of drug-likeness (QED) is 0.758. The molecule has 8 heteroatoms. The van der Waals surface area contributed by atoms with Gasteiger partial charge in [0.15, 0.2) is 9.84 Å². The number of rotatable bonds is 6. The summed E-state index contributed by atoms with van der Waals surface area (Å²) < 4.78 is 23.9. The third kappa shape index (κ3) is 5.35. The number of amides is 1. The number of aliphatic carboxylic acids is 1. The van der Waals surface area contributed by atoms with Crippen molar-refractivity contribution < 1.29 is 23.1 Å². The molecule has 0 saturated carbocycles. The summed E-state index contributed by atoms with van der Waals surface area (Å²) in [5.41, 5.74) is 1.02. The molecule has 1 aromatic rings. The van der Waals surface area contributed by atoms with Crippen LogP contribution in [-0.4, -0.2) is 42.2 Å². The van der Waals surface area contributed by atoms with E-state index in [1.165, 1.54) is 0 Å². The van der Waals surface area contributed by atoms with E-state index in [2.05, 4.69) is 10.3 Å². The van der Waals surface area contributed by atoms with Crippen molar-refractivity contribution in [3.8, 4) is 0 Å². The Labute approximate surface area is 116 Å². The summed E-state index contributed by atoms with van der Waals surface area (Å²) in [5, 5.41) is 11.0. The van der Waals surface area contributed by atoms with Crippen LogP contribution >= 0.6 is 0 Å². The molecule has 1 rings (SSSR count). The minimum Gasteiger partial charge on any atom is -0.480 e. The number of nitrogens with zero attached hydrogens (tertiary/aromatic N) is 1. The van der Waals surface area contributed by atoms with E-state index in [0.717, 1.165) is 6.92 Å². The summed E-state index contributed by atoms with van der Waals surface area (Å²) in [7, 11) is -3.70. The van der Waals surface area contributed by atoms with Crippen LogP contribution in [0.5, 0.6) is 0 Å². The van der Waals surface area contributed by atoms with Crippen LogP contribution in [0.2, 0.25) is 0 Å². The molecule has 0 saturated heterocycles. The monoisotopic (exact) mass is 300 g/mol. The Morgan fingerprint density at radius 2 is 2.05 bits per heavy atom. The van der Waals surface area contributed by atoms with Gasteiger partial charge in [0.05, 0.1) is 17.2 Å². The fourth-order valence-corrected chi connectivity index (χ4v) is 3.10. The molecule has 110 valence electrons. The van der Waals surface area contributed by atoms with Gasteiger partial charge in [-0.3, -0.25) is 9.78 Å². The van der Waals surface area contributed by atoms with Gasteiger partial charge < -0.3 is 10.4 Å². The maximum atomic E-state index is 12.0.